The van der Waals surface area contributed by atoms with Gasteiger partial charge >= 0.3 is 0 Å². The van der Waals surface area contributed by atoms with Crippen LogP contribution in [0.4, 0.5) is 0 Å². The van der Waals surface area contributed by atoms with Crippen molar-refractivity contribution in [1.29, 1.82) is 0 Å². The molecular formula is C47H27N3O2. The van der Waals surface area contributed by atoms with Crippen LogP contribution in [0.1, 0.15) is 0 Å². The van der Waals surface area contributed by atoms with Crippen LogP contribution in [0.5, 0.6) is 0 Å². The minimum atomic E-state index is 0.545. The van der Waals surface area contributed by atoms with Gasteiger partial charge < -0.3 is 8.83 Å². The van der Waals surface area contributed by atoms with E-state index in [0.717, 1.165) is 93.2 Å². The number of para-hydroxylation sites is 2. The maximum absolute atomic E-state index is 6.66. The highest BCUT2D eigenvalue weighted by molar-refractivity contribution is 6.22. The van der Waals surface area contributed by atoms with Crippen molar-refractivity contribution >= 4 is 65.4 Å². The molecule has 0 aliphatic carbocycles. The molecule has 242 valence electrons. The lowest BCUT2D eigenvalue weighted by Gasteiger charge is -2.12. The normalized spacial score (nSPS) is 11.8. The van der Waals surface area contributed by atoms with Crippen LogP contribution < -0.4 is 0 Å². The second-order valence-electron chi connectivity index (χ2n) is 13.1. The van der Waals surface area contributed by atoms with Gasteiger partial charge in [0.15, 0.2) is 17.5 Å². The summed E-state index contributed by atoms with van der Waals surface area (Å²) in [5.74, 6) is 1.71. The Kier molecular flexibility index (Phi) is 6.18. The van der Waals surface area contributed by atoms with Crippen molar-refractivity contribution in [2.45, 2.75) is 0 Å². The molecule has 0 aliphatic heterocycles. The van der Waals surface area contributed by atoms with E-state index in [1.807, 2.05) is 42.5 Å². The maximum atomic E-state index is 6.66. The van der Waals surface area contributed by atoms with E-state index in [2.05, 4.69) is 121 Å². The van der Waals surface area contributed by atoms with Crippen LogP contribution >= 0.6 is 0 Å². The van der Waals surface area contributed by atoms with Gasteiger partial charge in [-0.3, -0.25) is 0 Å². The number of nitrogens with zero attached hydrogens (tertiary/aromatic N) is 3. The van der Waals surface area contributed by atoms with Crippen molar-refractivity contribution in [1.82, 2.24) is 15.0 Å². The molecule has 11 aromatic rings. The Bertz CT molecular complexity index is 3190. The first-order chi connectivity index (χ1) is 25.8. The summed E-state index contributed by atoms with van der Waals surface area (Å²) in [6.07, 6.45) is 0. The molecule has 0 bridgehead atoms. The van der Waals surface area contributed by atoms with E-state index >= 15 is 0 Å². The van der Waals surface area contributed by atoms with Crippen LogP contribution in [0.15, 0.2) is 173 Å². The molecule has 0 N–H and O–H groups in total. The lowest BCUT2D eigenvalue weighted by molar-refractivity contribution is 0.669. The third-order valence-corrected chi connectivity index (χ3v) is 10.1. The Balaban J connectivity index is 1.25. The van der Waals surface area contributed by atoms with Gasteiger partial charge in [0.25, 0.3) is 0 Å². The molecule has 0 spiro atoms. The number of benzene rings is 8. The zero-order valence-corrected chi connectivity index (χ0v) is 27.7. The number of furan rings is 2. The van der Waals surface area contributed by atoms with Crippen LogP contribution in [-0.2, 0) is 0 Å². The zero-order chi connectivity index (χ0) is 34.2. The molecule has 5 heteroatoms. The summed E-state index contributed by atoms with van der Waals surface area (Å²) >= 11 is 0. The van der Waals surface area contributed by atoms with Crippen LogP contribution in [0.3, 0.4) is 0 Å². The molecule has 0 radical (unpaired) electrons. The summed E-state index contributed by atoms with van der Waals surface area (Å²) in [5, 5.41) is 8.34. The van der Waals surface area contributed by atoms with E-state index in [9.17, 15) is 0 Å². The highest BCUT2D eigenvalue weighted by Crippen LogP contribution is 2.43. The molecule has 5 nitrogen and oxygen atoms in total. The molecular weight excluding hydrogens is 639 g/mol. The molecule has 0 unspecified atom stereocenters. The fourth-order valence-electron chi connectivity index (χ4n) is 7.77. The maximum Gasteiger partial charge on any atom is 0.167 e. The van der Waals surface area contributed by atoms with Crippen LogP contribution in [0.25, 0.3) is 111 Å². The lowest BCUT2D eigenvalue weighted by Crippen LogP contribution is -2.01. The first-order valence-electron chi connectivity index (χ1n) is 17.4. The smallest absolute Gasteiger partial charge is 0.167 e. The van der Waals surface area contributed by atoms with E-state index in [-0.39, 0.29) is 0 Å². The SMILES string of the molecule is c1ccc(-c2cccc3oc4c5ccccc5c(-c5nc(-c6cccc7ccccc67)nc(-c6cccc7c6oc6ccccc67)n5)cc4c23)cc1. The molecule has 52 heavy (non-hydrogen) atoms. The van der Waals surface area contributed by atoms with Crippen molar-refractivity contribution in [3.05, 3.63) is 164 Å². The summed E-state index contributed by atoms with van der Waals surface area (Å²) in [5.41, 5.74) is 8.14. The van der Waals surface area contributed by atoms with Gasteiger partial charge in [0, 0.05) is 38.1 Å². The van der Waals surface area contributed by atoms with E-state index in [1.165, 1.54) is 0 Å². The van der Waals surface area contributed by atoms with Crippen LogP contribution in [0, 0.1) is 0 Å². The first kappa shape index (κ1) is 28.7. The molecule has 0 aliphatic rings. The topological polar surface area (TPSA) is 65.0 Å². The van der Waals surface area contributed by atoms with Gasteiger partial charge in [0.2, 0.25) is 0 Å². The second-order valence-corrected chi connectivity index (χ2v) is 13.1. The van der Waals surface area contributed by atoms with Gasteiger partial charge in [0.1, 0.15) is 22.3 Å². The summed E-state index contributed by atoms with van der Waals surface area (Å²) in [4.78, 5) is 15.8. The summed E-state index contributed by atoms with van der Waals surface area (Å²) < 4.78 is 13.2. The number of aromatic nitrogens is 3. The Morgan fingerprint density at radius 2 is 0.865 bits per heavy atom. The first-order valence-corrected chi connectivity index (χ1v) is 17.4. The summed E-state index contributed by atoms with van der Waals surface area (Å²) in [7, 11) is 0. The minimum absolute atomic E-state index is 0.545. The molecule has 8 aromatic carbocycles. The Hall–Kier alpha value is -7.11. The third-order valence-electron chi connectivity index (χ3n) is 10.1. The van der Waals surface area contributed by atoms with Gasteiger partial charge in [-0.1, -0.05) is 140 Å². The molecule has 11 rings (SSSR count). The average Bonchev–Trinajstić information content (AvgIpc) is 3.79. The van der Waals surface area contributed by atoms with Gasteiger partial charge in [-0.25, -0.2) is 15.0 Å². The third kappa shape index (κ3) is 4.33. The average molecular weight is 666 g/mol. The van der Waals surface area contributed by atoms with E-state index in [4.69, 9.17) is 23.8 Å². The largest absolute Gasteiger partial charge is 0.455 e. The van der Waals surface area contributed by atoms with Crippen molar-refractivity contribution in [3.63, 3.8) is 0 Å². The van der Waals surface area contributed by atoms with Crippen LogP contribution in [0.2, 0.25) is 0 Å². The molecule has 3 aromatic heterocycles. The highest BCUT2D eigenvalue weighted by Gasteiger charge is 2.22. The van der Waals surface area contributed by atoms with Gasteiger partial charge in [-0.15, -0.1) is 0 Å². The molecule has 3 heterocycles. The predicted octanol–water partition coefficient (Wildman–Crippen LogP) is 12.6. The Morgan fingerprint density at radius 1 is 0.327 bits per heavy atom. The highest BCUT2D eigenvalue weighted by atomic mass is 16.3. The van der Waals surface area contributed by atoms with Crippen LogP contribution in [-0.4, -0.2) is 15.0 Å². The van der Waals surface area contributed by atoms with E-state index in [0.29, 0.717) is 17.5 Å². The number of fused-ring (bicyclic) bond motifs is 9. The Morgan fingerprint density at radius 3 is 1.73 bits per heavy atom. The quantitative estimate of drug-likeness (QED) is 0.187. The Labute approximate surface area is 297 Å². The fourth-order valence-corrected chi connectivity index (χ4v) is 7.77. The second kappa shape index (κ2) is 11.2. The standard InChI is InChI=1S/C47H27N3O2/c1-2-13-29(14-3-1)31-21-12-26-41-42(31)39-27-38(32-18-6-7-20-34(32)44(39)52-41)47-49-45(36-23-10-16-28-15-4-5-17-30(28)36)48-46(50-47)37-24-11-22-35-33-19-8-9-25-40(33)51-43(35)37/h1-27H. The number of hydrogen-bond donors (Lipinski definition) is 0. The molecule has 0 fully saturated rings. The fraction of sp³-hybridized carbons (Fsp3) is 0. The molecule has 0 amide bonds. The van der Waals surface area contributed by atoms with Crippen molar-refractivity contribution in [2.24, 2.45) is 0 Å². The van der Waals surface area contributed by atoms with E-state index < -0.39 is 0 Å². The van der Waals surface area contributed by atoms with Crippen molar-refractivity contribution in [2.75, 3.05) is 0 Å². The van der Waals surface area contributed by atoms with Gasteiger partial charge in [-0.2, -0.15) is 0 Å². The van der Waals surface area contributed by atoms with Crippen molar-refractivity contribution < 1.29 is 8.83 Å². The van der Waals surface area contributed by atoms with E-state index in [1.54, 1.807) is 0 Å². The minimum Gasteiger partial charge on any atom is -0.455 e. The number of hydrogen-bond acceptors (Lipinski definition) is 5. The zero-order valence-electron chi connectivity index (χ0n) is 27.7. The number of rotatable bonds is 4. The summed E-state index contributed by atoms with van der Waals surface area (Å²) in [6.45, 7) is 0. The monoisotopic (exact) mass is 665 g/mol. The molecule has 0 saturated carbocycles. The molecule has 0 atom stereocenters. The summed E-state index contributed by atoms with van der Waals surface area (Å²) in [6, 6.07) is 56.2. The van der Waals surface area contributed by atoms with Crippen molar-refractivity contribution in [3.8, 4) is 45.3 Å². The predicted molar refractivity (Wildman–Crippen MR) is 211 cm³/mol. The van der Waals surface area contributed by atoms with Gasteiger partial charge in [-0.05, 0) is 51.6 Å². The molecule has 0 saturated heterocycles. The van der Waals surface area contributed by atoms with Gasteiger partial charge in [0.05, 0.1) is 5.56 Å². The lowest BCUT2D eigenvalue weighted by atomic mass is 9.95.